The Morgan fingerprint density at radius 2 is 1.66 bits per heavy atom. The number of rotatable bonds is 5. The summed E-state index contributed by atoms with van der Waals surface area (Å²) in [6.07, 6.45) is 4.54. The molecule has 2 aromatic rings. The van der Waals surface area contributed by atoms with Crippen molar-refractivity contribution in [3.63, 3.8) is 0 Å². The number of halogens is 3. The highest BCUT2D eigenvalue weighted by Crippen LogP contribution is 2.50. The second kappa shape index (κ2) is 8.76. The van der Waals surface area contributed by atoms with Crippen LogP contribution in [-0.4, -0.2) is 58.5 Å². The third-order valence-corrected chi connectivity index (χ3v) is 8.53. The molecule has 6 nitrogen and oxygen atoms in total. The van der Waals surface area contributed by atoms with Gasteiger partial charge >= 0.3 is 12.2 Å². The molecular weight excluding hydrogens is 455 g/mol. The normalized spacial score (nSPS) is 27.7. The van der Waals surface area contributed by atoms with Crippen LogP contribution in [0, 0.1) is 5.92 Å². The number of benzene rings is 1. The van der Waals surface area contributed by atoms with Crippen LogP contribution >= 0.6 is 0 Å². The largest absolute Gasteiger partial charge is 0.451 e. The second-order valence-electron chi connectivity index (χ2n) is 10.6. The number of urea groups is 1. The van der Waals surface area contributed by atoms with Gasteiger partial charge < -0.3 is 4.90 Å². The molecule has 2 aliphatic carbocycles. The van der Waals surface area contributed by atoms with Gasteiger partial charge in [-0.2, -0.15) is 13.2 Å². The fourth-order valence-electron chi connectivity index (χ4n) is 6.11. The van der Waals surface area contributed by atoms with Crippen molar-refractivity contribution in [3.8, 4) is 0 Å². The molecule has 0 bridgehead atoms. The van der Waals surface area contributed by atoms with Gasteiger partial charge in [-0.1, -0.05) is 36.8 Å². The fourth-order valence-corrected chi connectivity index (χ4v) is 6.11. The number of carbonyl (C=O) groups is 1. The lowest BCUT2D eigenvalue weighted by Gasteiger charge is -2.51. The zero-order valence-electron chi connectivity index (χ0n) is 20.3. The SMILES string of the molecule is CN(C)[C@]1(c2ccccc2)CC[C@]2(CC1)CN(c1cnc(C(F)(F)F)nc1)C(=O)N2CC1CCC1. The van der Waals surface area contributed by atoms with E-state index in [2.05, 4.69) is 53.2 Å². The smallest absolute Gasteiger partial charge is 0.317 e. The molecule has 1 aromatic carbocycles. The van der Waals surface area contributed by atoms with Gasteiger partial charge in [0.05, 0.1) is 30.2 Å². The van der Waals surface area contributed by atoms with Crippen LogP contribution in [0.25, 0.3) is 0 Å². The highest BCUT2D eigenvalue weighted by molar-refractivity contribution is 5.95. The first-order valence-electron chi connectivity index (χ1n) is 12.4. The van der Waals surface area contributed by atoms with Crippen LogP contribution in [0.2, 0.25) is 0 Å². The minimum Gasteiger partial charge on any atom is -0.317 e. The van der Waals surface area contributed by atoms with Crippen molar-refractivity contribution in [3.05, 3.63) is 54.1 Å². The van der Waals surface area contributed by atoms with E-state index in [0.29, 0.717) is 24.7 Å². The third-order valence-electron chi connectivity index (χ3n) is 8.53. The average molecular weight is 488 g/mol. The molecule has 35 heavy (non-hydrogen) atoms. The lowest BCUT2D eigenvalue weighted by atomic mass is 9.68. The molecule has 5 rings (SSSR count). The minimum atomic E-state index is -4.61. The van der Waals surface area contributed by atoms with E-state index in [9.17, 15) is 18.0 Å². The molecule has 0 unspecified atom stereocenters. The average Bonchev–Trinajstić information content (AvgIpc) is 3.08. The summed E-state index contributed by atoms with van der Waals surface area (Å²) in [5, 5.41) is 0. The number of aromatic nitrogens is 2. The summed E-state index contributed by atoms with van der Waals surface area (Å²) < 4.78 is 38.9. The van der Waals surface area contributed by atoms with Crippen LogP contribution in [0.5, 0.6) is 0 Å². The van der Waals surface area contributed by atoms with E-state index < -0.39 is 12.0 Å². The molecular formula is C26H32F3N5O. The van der Waals surface area contributed by atoms with Gasteiger partial charge in [0.1, 0.15) is 0 Å². The Bertz CT molecular complexity index is 1040. The van der Waals surface area contributed by atoms with Crippen LogP contribution in [0.15, 0.2) is 42.7 Å². The van der Waals surface area contributed by atoms with Crippen LogP contribution in [-0.2, 0) is 11.7 Å². The number of alkyl halides is 3. The lowest BCUT2D eigenvalue weighted by molar-refractivity contribution is -0.144. The molecule has 1 saturated heterocycles. The van der Waals surface area contributed by atoms with Crippen LogP contribution in [0.1, 0.15) is 56.3 Å². The summed E-state index contributed by atoms with van der Waals surface area (Å²) in [7, 11) is 4.23. The molecule has 0 radical (unpaired) electrons. The number of amides is 2. The Kier molecular flexibility index (Phi) is 6.02. The Morgan fingerprint density at radius 3 is 2.17 bits per heavy atom. The van der Waals surface area contributed by atoms with Crippen molar-refractivity contribution in [2.75, 3.05) is 32.1 Å². The molecule has 1 aliphatic heterocycles. The summed E-state index contributed by atoms with van der Waals surface area (Å²) in [5.41, 5.74) is 1.15. The Morgan fingerprint density at radius 1 is 1.03 bits per heavy atom. The van der Waals surface area contributed by atoms with E-state index >= 15 is 0 Å². The monoisotopic (exact) mass is 487 g/mol. The maximum absolute atomic E-state index is 13.7. The quantitative estimate of drug-likeness (QED) is 0.574. The zero-order valence-corrected chi connectivity index (χ0v) is 20.3. The van der Waals surface area contributed by atoms with Gasteiger partial charge in [-0.15, -0.1) is 0 Å². The van der Waals surface area contributed by atoms with Crippen molar-refractivity contribution in [2.24, 2.45) is 5.92 Å². The maximum Gasteiger partial charge on any atom is 0.451 e. The zero-order chi connectivity index (χ0) is 24.8. The van der Waals surface area contributed by atoms with Crippen molar-refractivity contribution in [2.45, 2.75) is 62.2 Å². The number of anilines is 1. The molecule has 2 heterocycles. The van der Waals surface area contributed by atoms with Gasteiger partial charge in [0.25, 0.3) is 0 Å². The Hall–Kier alpha value is -2.68. The molecule has 9 heteroatoms. The fraction of sp³-hybridized carbons (Fsp3) is 0.577. The Labute approximate surface area is 204 Å². The topological polar surface area (TPSA) is 52.6 Å². The minimum absolute atomic E-state index is 0.109. The number of carbonyl (C=O) groups excluding carboxylic acids is 1. The third kappa shape index (κ3) is 4.17. The number of nitrogens with zero attached hydrogens (tertiary/aromatic N) is 5. The van der Waals surface area contributed by atoms with Crippen molar-refractivity contribution in [1.82, 2.24) is 19.8 Å². The predicted octanol–water partition coefficient (Wildman–Crippen LogP) is 5.31. The standard InChI is InChI=1S/C26H32F3N5O/c1-32(2)25(20-9-4-3-5-10-20)13-11-24(12-14-25)18-33(23(35)34(24)17-19-7-6-8-19)21-15-30-22(31-16-21)26(27,28)29/h3-5,9-10,15-16,19H,6-8,11-14,17-18H2,1-2H3/t24-,25+. The van der Waals surface area contributed by atoms with Gasteiger partial charge in [0.15, 0.2) is 0 Å². The molecule has 1 aromatic heterocycles. The highest BCUT2D eigenvalue weighted by atomic mass is 19.4. The van der Waals surface area contributed by atoms with Crippen molar-refractivity contribution < 1.29 is 18.0 Å². The molecule has 0 N–H and O–H groups in total. The van der Waals surface area contributed by atoms with Crippen LogP contribution in [0.3, 0.4) is 0 Å². The van der Waals surface area contributed by atoms with Gasteiger partial charge in [-0.25, -0.2) is 14.8 Å². The van der Waals surface area contributed by atoms with E-state index in [0.717, 1.165) is 50.9 Å². The lowest BCUT2D eigenvalue weighted by Crippen LogP contribution is -2.56. The highest BCUT2D eigenvalue weighted by Gasteiger charge is 2.55. The first kappa shape index (κ1) is 24.0. The van der Waals surface area contributed by atoms with Gasteiger partial charge in [0.2, 0.25) is 5.82 Å². The number of hydrogen-bond donors (Lipinski definition) is 0. The molecule has 2 saturated carbocycles. The first-order chi connectivity index (χ1) is 16.6. The van der Waals surface area contributed by atoms with Gasteiger partial charge in [-0.3, -0.25) is 9.80 Å². The van der Waals surface area contributed by atoms with E-state index in [1.807, 2.05) is 11.0 Å². The van der Waals surface area contributed by atoms with E-state index in [1.165, 1.54) is 12.0 Å². The molecule has 3 fully saturated rings. The summed E-state index contributed by atoms with van der Waals surface area (Å²) >= 11 is 0. The summed E-state index contributed by atoms with van der Waals surface area (Å²) in [6, 6.07) is 10.4. The molecule has 3 aliphatic rings. The van der Waals surface area contributed by atoms with Gasteiger partial charge in [-0.05, 0) is 64.1 Å². The second-order valence-corrected chi connectivity index (χ2v) is 10.6. The molecule has 1 spiro atoms. The van der Waals surface area contributed by atoms with Crippen LogP contribution in [0.4, 0.5) is 23.7 Å². The van der Waals surface area contributed by atoms with Crippen LogP contribution < -0.4 is 4.90 Å². The van der Waals surface area contributed by atoms with E-state index in [4.69, 9.17) is 0 Å². The predicted molar refractivity (Wildman–Crippen MR) is 127 cm³/mol. The van der Waals surface area contributed by atoms with Crippen molar-refractivity contribution in [1.29, 1.82) is 0 Å². The number of hydrogen-bond acceptors (Lipinski definition) is 4. The molecule has 2 amide bonds. The summed E-state index contributed by atoms with van der Waals surface area (Å²) in [6.45, 7) is 1.16. The van der Waals surface area contributed by atoms with Gasteiger partial charge in [0, 0.05) is 12.1 Å². The Balaban J connectivity index is 1.43. The van der Waals surface area contributed by atoms with E-state index in [1.54, 1.807) is 4.90 Å². The summed E-state index contributed by atoms with van der Waals surface area (Å²) in [4.78, 5) is 26.6. The summed E-state index contributed by atoms with van der Waals surface area (Å²) in [5.74, 6) is -0.695. The maximum atomic E-state index is 13.7. The molecule has 188 valence electrons. The van der Waals surface area contributed by atoms with E-state index in [-0.39, 0.29) is 17.1 Å². The first-order valence-corrected chi connectivity index (χ1v) is 12.4. The van der Waals surface area contributed by atoms with Crippen molar-refractivity contribution >= 4 is 11.7 Å². The molecule has 0 atom stereocenters.